The minimum absolute atomic E-state index is 0.228. The van der Waals surface area contributed by atoms with E-state index in [1.807, 2.05) is 0 Å². The van der Waals surface area contributed by atoms with Gasteiger partial charge in [-0.2, -0.15) is 35.1 Å². The Balaban J connectivity index is 1.42. The highest BCUT2D eigenvalue weighted by Gasteiger charge is 2.63. The zero-order valence-electron chi connectivity index (χ0n) is 23.9. The van der Waals surface area contributed by atoms with E-state index in [2.05, 4.69) is 0 Å². The van der Waals surface area contributed by atoms with E-state index in [0.29, 0.717) is 0 Å². The second-order valence-electron chi connectivity index (χ2n) is 11.5. The molecule has 8 rings (SSSR count). The van der Waals surface area contributed by atoms with Crippen molar-refractivity contribution in [3.05, 3.63) is 54.3 Å². The van der Waals surface area contributed by atoms with E-state index in [1.165, 1.54) is 0 Å². The van der Waals surface area contributed by atoms with Crippen LogP contribution >= 0.6 is 45.3 Å². The molecule has 0 bridgehead atoms. The number of halogens is 8. The van der Waals surface area contributed by atoms with Crippen LogP contribution in [0.25, 0.3) is 29.3 Å². The van der Waals surface area contributed by atoms with Gasteiger partial charge in [-0.05, 0) is 25.0 Å². The van der Waals surface area contributed by atoms with Gasteiger partial charge < -0.3 is 0 Å². The van der Waals surface area contributed by atoms with E-state index in [0.717, 1.165) is 13.8 Å². The number of Topliss-reactive ketones (excluding diaryl/α,β-unsaturated/α-hetero) is 8. The monoisotopic (exact) mass is 774 g/mol. The zero-order valence-corrected chi connectivity index (χ0v) is 27.2. The van der Waals surface area contributed by atoms with E-state index in [4.69, 9.17) is 0 Å². The van der Waals surface area contributed by atoms with Crippen LogP contribution in [-0.4, -0.2) is 70.0 Å². The van der Waals surface area contributed by atoms with Crippen LogP contribution in [0, 0.1) is 13.8 Å². The van der Waals surface area contributed by atoms with E-state index >= 15 is 17.6 Å². The van der Waals surface area contributed by atoms with Crippen molar-refractivity contribution in [2.75, 3.05) is 0 Å². The molecule has 8 nitrogen and oxygen atoms in total. The number of ketones is 8. The quantitative estimate of drug-likeness (QED) is 0.153. The SMILES string of the molecule is Cc1c(-c2sc(-c3sc(-c4sc5c(c4C)C(=O)C(F)(F)C5=O)c4c3C(=O)C(F)(F)C4=O)c3c2C(=O)C(F)(F)C3=O)sc2c1C(=O)C(F)(F)C2=O. The summed E-state index contributed by atoms with van der Waals surface area (Å²) in [5, 5.41) is 0. The van der Waals surface area contributed by atoms with Gasteiger partial charge >= 0.3 is 23.7 Å². The van der Waals surface area contributed by atoms with Crippen LogP contribution in [0.5, 0.6) is 0 Å². The van der Waals surface area contributed by atoms with Gasteiger partial charge in [0.25, 0.3) is 11.6 Å². The van der Waals surface area contributed by atoms with Gasteiger partial charge in [0.05, 0.1) is 51.5 Å². The fourth-order valence-electron chi connectivity index (χ4n) is 6.33. The maximum Gasteiger partial charge on any atom is 0.372 e. The molecule has 4 aromatic heterocycles. The lowest BCUT2D eigenvalue weighted by atomic mass is 10.0. The number of fused-ring (bicyclic) bond motifs is 4. The topological polar surface area (TPSA) is 137 Å². The third kappa shape index (κ3) is 3.44. The molecular weight excluding hydrogens is 769 g/mol. The van der Waals surface area contributed by atoms with Crippen molar-refractivity contribution >= 4 is 91.6 Å². The van der Waals surface area contributed by atoms with Crippen LogP contribution in [0.2, 0.25) is 0 Å². The van der Waals surface area contributed by atoms with Gasteiger partial charge in [0, 0.05) is 20.9 Å². The molecule has 0 atom stereocenters. The van der Waals surface area contributed by atoms with Crippen molar-refractivity contribution in [2.24, 2.45) is 0 Å². The molecule has 0 saturated carbocycles. The summed E-state index contributed by atoms with van der Waals surface area (Å²) in [5.41, 5.74) is -6.44. The lowest BCUT2D eigenvalue weighted by Gasteiger charge is -2.09. The molecule has 0 radical (unpaired) electrons. The summed E-state index contributed by atoms with van der Waals surface area (Å²) in [6.45, 7) is 2.13. The molecule has 0 saturated heterocycles. The molecule has 0 fully saturated rings. The van der Waals surface area contributed by atoms with Crippen molar-refractivity contribution in [3.63, 3.8) is 0 Å². The van der Waals surface area contributed by atoms with E-state index < -0.39 is 133 Å². The highest BCUT2D eigenvalue weighted by Crippen LogP contribution is 2.59. The number of rotatable bonds is 3. The first-order valence-corrected chi connectivity index (χ1v) is 16.8. The Morgan fingerprint density at radius 2 is 0.500 bits per heavy atom. The van der Waals surface area contributed by atoms with Crippen LogP contribution < -0.4 is 0 Å². The molecule has 50 heavy (non-hydrogen) atoms. The van der Waals surface area contributed by atoms with Crippen molar-refractivity contribution in [1.82, 2.24) is 0 Å². The number of carbonyl (C=O) groups excluding carboxylic acids is 8. The summed E-state index contributed by atoms with van der Waals surface area (Å²) in [6, 6.07) is 0. The molecule has 4 aliphatic carbocycles. The Kier molecular flexibility index (Phi) is 6.08. The fourth-order valence-corrected chi connectivity index (χ4v) is 12.0. The fraction of sp³-hybridized carbons (Fsp3) is 0.200. The van der Waals surface area contributed by atoms with Crippen molar-refractivity contribution < 1.29 is 73.5 Å². The number of alkyl halides is 8. The summed E-state index contributed by atoms with van der Waals surface area (Å²) < 4.78 is 117. The van der Waals surface area contributed by atoms with Crippen LogP contribution in [0.15, 0.2) is 0 Å². The number of carbonyl (C=O) groups is 8. The first-order valence-electron chi connectivity index (χ1n) is 13.5. The molecule has 20 heteroatoms. The summed E-state index contributed by atoms with van der Waals surface area (Å²) in [5.74, 6) is -34.5. The van der Waals surface area contributed by atoms with E-state index in [1.54, 1.807) is 0 Å². The predicted octanol–water partition coefficient (Wildman–Crippen LogP) is 7.61. The average molecular weight is 775 g/mol. The Morgan fingerprint density at radius 3 is 0.760 bits per heavy atom. The van der Waals surface area contributed by atoms with Gasteiger partial charge in [-0.3, -0.25) is 38.4 Å². The molecule has 254 valence electrons. The predicted molar refractivity (Wildman–Crippen MR) is 158 cm³/mol. The van der Waals surface area contributed by atoms with Crippen molar-refractivity contribution in [1.29, 1.82) is 0 Å². The van der Waals surface area contributed by atoms with Gasteiger partial charge in [0.2, 0.25) is 34.7 Å². The van der Waals surface area contributed by atoms with Crippen molar-refractivity contribution in [2.45, 2.75) is 37.5 Å². The lowest BCUT2D eigenvalue weighted by Crippen LogP contribution is -2.31. The highest BCUT2D eigenvalue weighted by molar-refractivity contribution is 7.30. The zero-order chi connectivity index (χ0) is 36.7. The third-order valence-corrected chi connectivity index (χ3v) is 14.2. The Morgan fingerprint density at radius 1 is 0.300 bits per heavy atom. The van der Waals surface area contributed by atoms with Crippen LogP contribution in [-0.2, 0) is 0 Å². The van der Waals surface area contributed by atoms with Crippen LogP contribution in [0.3, 0.4) is 0 Å². The molecule has 4 aromatic rings. The third-order valence-electron chi connectivity index (χ3n) is 8.78. The minimum Gasteiger partial charge on any atom is -0.287 e. The maximum absolute atomic E-state index is 15.1. The van der Waals surface area contributed by atoms with Gasteiger partial charge in [-0.25, -0.2) is 0 Å². The maximum atomic E-state index is 15.1. The van der Waals surface area contributed by atoms with Crippen molar-refractivity contribution in [3.8, 4) is 29.3 Å². The minimum atomic E-state index is -4.75. The number of hydrogen-bond acceptors (Lipinski definition) is 12. The van der Waals surface area contributed by atoms with Gasteiger partial charge in [0.1, 0.15) is 0 Å². The summed E-state index contributed by atoms with van der Waals surface area (Å²) in [4.78, 5) is 97.0. The number of thiophene rings is 4. The molecule has 0 N–H and O–H groups in total. The average Bonchev–Trinajstić information content (AvgIpc) is 3.88. The molecule has 0 spiro atoms. The Bertz CT molecular complexity index is 2350. The molecule has 4 aliphatic rings. The normalized spacial score (nSPS) is 20.8. The largest absolute Gasteiger partial charge is 0.372 e. The smallest absolute Gasteiger partial charge is 0.287 e. The van der Waals surface area contributed by atoms with Gasteiger partial charge in [-0.1, -0.05) is 0 Å². The first kappa shape index (κ1) is 32.8. The Hall–Kier alpha value is -4.40. The molecule has 0 aliphatic heterocycles. The molecule has 0 aromatic carbocycles. The number of hydrogen-bond donors (Lipinski definition) is 0. The molecule has 4 heterocycles. The molecule has 0 unspecified atom stereocenters. The second kappa shape index (κ2) is 9.28. The summed E-state index contributed by atoms with van der Waals surface area (Å²) >= 11 is 1.02. The van der Waals surface area contributed by atoms with Crippen LogP contribution in [0.4, 0.5) is 35.1 Å². The summed E-state index contributed by atoms with van der Waals surface area (Å²) in [7, 11) is 0. The Labute approximate surface area is 285 Å². The second-order valence-corrected chi connectivity index (χ2v) is 15.6. The summed E-state index contributed by atoms with van der Waals surface area (Å²) in [6.07, 6.45) is 0. The van der Waals surface area contributed by atoms with Gasteiger partial charge in [0.15, 0.2) is 0 Å². The lowest BCUT2D eigenvalue weighted by molar-refractivity contribution is 0.0185. The first-order chi connectivity index (χ1) is 23.0. The highest BCUT2D eigenvalue weighted by atomic mass is 32.1. The molecule has 0 amide bonds. The van der Waals surface area contributed by atoms with E-state index in [-0.39, 0.29) is 66.2 Å². The molecular formula is C30H6F8O8S4. The standard InChI is InChI=1S/C30H6F8O8S4/c1-3-5-17(25(45)29(35,36)19(5)39)47-11(3)13-7-9(23(43)27(31,32)21(7)41)15(49-13)16-10-8(22(42)28(33,34)24(10)44)14(50-16)12-4(2)6-18(48-12)26(46)30(37,38)20(6)40/h1-2H3. The van der Waals surface area contributed by atoms with Crippen LogP contribution in [0.1, 0.15) is 92.6 Å². The van der Waals surface area contributed by atoms with E-state index in [9.17, 15) is 55.9 Å². The van der Waals surface area contributed by atoms with Gasteiger partial charge in [-0.15, -0.1) is 45.3 Å².